The maximum atomic E-state index is 14.3. The van der Waals surface area contributed by atoms with E-state index in [1.54, 1.807) is 39.0 Å². The van der Waals surface area contributed by atoms with Crippen molar-refractivity contribution in [2.45, 2.75) is 71.1 Å². The zero-order valence-electron chi connectivity index (χ0n) is 27.5. The average Bonchev–Trinajstić information content (AvgIpc) is 3.53. The number of amides is 2. The van der Waals surface area contributed by atoms with Gasteiger partial charge in [0.25, 0.3) is 0 Å². The summed E-state index contributed by atoms with van der Waals surface area (Å²) in [5.74, 6) is -1.11. The van der Waals surface area contributed by atoms with E-state index in [0.717, 1.165) is 31.4 Å². The Hall–Kier alpha value is -4.47. The number of hydrogen-bond donors (Lipinski definition) is 2. The van der Waals surface area contributed by atoms with Gasteiger partial charge in [-0.15, -0.1) is 0 Å². The lowest BCUT2D eigenvalue weighted by Crippen LogP contribution is -2.37. The van der Waals surface area contributed by atoms with Crippen LogP contribution in [-0.4, -0.2) is 67.7 Å². The molecule has 2 aliphatic rings. The lowest BCUT2D eigenvalue weighted by molar-refractivity contribution is -0.169. The topological polar surface area (TPSA) is 141 Å². The van der Waals surface area contributed by atoms with Gasteiger partial charge in [0.05, 0.1) is 48.9 Å². The number of ketones is 1. The molecule has 264 valence electrons. The molecule has 0 aliphatic carbocycles. The van der Waals surface area contributed by atoms with Crippen LogP contribution in [0, 0.1) is 0 Å². The lowest BCUT2D eigenvalue weighted by Gasteiger charge is -2.32. The second kappa shape index (κ2) is 15.4. The number of carbonyl (C=O) groups is 3. The molecular weight excluding hydrogens is 649 g/mol. The number of rotatable bonds is 10. The fraction of sp³-hybridized carbons (Fsp3) is 0.471. The first-order valence-corrected chi connectivity index (χ1v) is 16.0. The van der Waals surface area contributed by atoms with E-state index in [0.29, 0.717) is 23.6 Å². The molecule has 5 rings (SSSR count). The van der Waals surface area contributed by atoms with Gasteiger partial charge in [-0.05, 0) is 58.2 Å². The third kappa shape index (κ3) is 10.0. The Morgan fingerprint density at radius 1 is 0.980 bits per heavy atom. The highest BCUT2D eigenvalue weighted by Crippen LogP contribution is 2.42. The molecule has 0 bridgehead atoms. The number of carbonyl (C=O) groups excluding carboxylic acids is 3. The summed E-state index contributed by atoms with van der Waals surface area (Å²) in [5.41, 5.74) is -1.38. The van der Waals surface area contributed by atoms with E-state index in [4.69, 9.17) is 23.5 Å². The molecule has 1 aromatic heterocycles. The van der Waals surface area contributed by atoms with E-state index in [1.807, 2.05) is 0 Å². The van der Waals surface area contributed by atoms with E-state index >= 15 is 0 Å². The minimum absolute atomic E-state index is 0.133. The molecule has 2 aliphatic heterocycles. The Balaban J connectivity index is 1.32. The van der Waals surface area contributed by atoms with Crippen LogP contribution in [0.5, 0.6) is 0 Å². The van der Waals surface area contributed by atoms with Crippen LogP contribution in [0.2, 0.25) is 0 Å². The smallest absolute Gasteiger partial charge is 0.418 e. The number of halogens is 3. The lowest BCUT2D eigenvalue weighted by atomic mass is 10.0. The van der Waals surface area contributed by atoms with Crippen molar-refractivity contribution in [2.75, 3.05) is 48.4 Å². The Kier molecular flexibility index (Phi) is 11.3. The van der Waals surface area contributed by atoms with Crippen LogP contribution >= 0.6 is 0 Å². The van der Waals surface area contributed by atoms with Crippen LogP contribution in [0.25, 0.3) is 11.3 Å². The van der Waals surface area contributed by atoms with E-state index in [2.05, 4.69) is 15.8 Å². The van der Waals surface area contributed by atoms with Gasteiger partial charge in [-0.25, -0.2) is 4.79 Å². The number of anilines is 3. The van der Waals surface area contributed by atoms with Gasteiger partial charge < -0.3 is 33.7 Å². The van der Waals surface area contributed by atoms with Gasteiger partial charge in [0.2, 0.25) is 5.91 Å². The normalized spacial score (nSPS) is 17.0. The van der Waals surface area contributed by atoms with Gasteiger partial charge in [0.1, 0.15) is 11.3 Å². The highest BCUT2D eigenvalue weighted by molar-refractivity contribution is 6.12. The maximum Gasteiger partial charge on any atom is 0.418 e. The molecule has 2 saturated heterocycles. The fourth-order valence-corrected chi connectivity index (χ4v) is 5.33. The van der Waals surface area contributed by atoms with Crippen LogP contribution < -0.4 is 15.5 Å². The molecule has 1 unspecified atom stereocenters. The first-order valence-electron chi connectivity index (χ1n) is 16.0. The van der Waals surface area contributed by atoms with Crippen molar-refractivity contribution in [3.05, 3.63) is 59.3 Å². The molecule has 0 spiro atoms. The largest absolute Gasteiger partial charge is 0.444 e. The highest BCUT2D eigenvalue weighted by atomic mass is 19.4. The molecule has 2 N–H and O–H groups in total. The molecule has 2 amide bonds. The Labute approximate surface area is 281 Å². The Morgan fingerprint density at radius 3 is 2.43 bits per heavy atom. The summed E-state index contributed by atoms with van der Waals surface area (Å²) in [6.07, 6.45) is -3.91. The monoisotopic (exact) mass is 688 g/mol. The number of Topliss-reactive ketones (excluding diaryl/α,β-unsaturated/α-hetero) is 1. The molecule has 1 atom stereocenters. The van der Waals surface area contributed by atoms with Gasteiger partial charge in [0.15, 0.2) is 17.8 Å². The molecule has 15 heteroatoms. The van der Waals surface area contributed by atoms with Gasteiger partial charge >= 0.3 is 12.3 Å². The predicted molar refractivity (Wildman–Crippen MR) is 172 cm³/mol. The van der Waals surface area contributed by atoms with Crippen molar-refractivity contribution in [1.29, 1.82) is 0 Å². The first-order chi connectivity index (χ1) is 23.2. The molecular formula is C34H39F3N4O8. The number of alkyl halides is 3. The molecule has 0 radical (unpaired) electrons. The summed E-state index contributed by atoms with van der Waals surface area (Å²) in [5, 5.41) is 8.86. The summed E-state index contributed by atoms with van der Waals surface area (Å²) >= 11 is 0. The van der Waals surface area contributed by atoms with Gasteiger partial charge in [-0.1, -0.05) is 23.4 Å². The first kappa shape index (κ1) is 35.8. The summed E-state index contributed by atoms with van der Waals surface area (Å²) in [4.78, 5) is 40.5. The van der Waals surface area contributed by atoms with Gasteiger partial charge in [0, 0.05) is 36.9 Å². The molecule has 2 fully saturated rings. The standard InChI is InChI=1S/C34H39F3N4O8/c1-33(2,3)48-32(44)39-26-18-27(41-10-13-45-14-11-41)24(34(35,36)37)17-25(26)38-30(43)19-28(42)21-7-6-8-22(15-21)29-16-23(40-49-29)20-47-31-9-4-5-12-46-31/h6-8,15-18,31H,4-5,9-14,19-20H2,1-3H3,(H,38,43)(H,39,44). The third-order valence-corrected chi connectivity index (χ3v) is 7.61. The summed E-state index contributed by atoms with van der Waals surface area (Å²) < 4.78 is 70.3. The van der Waals surface area contributed by atoms with Crippen molar-refractivity contribution < 1.29 is 51.0 Å². The number of morpholine rings is 1. The molecule has 49 heavy (non-hydrogen) atoms. The van der Waals surface area contributed by atoms with Crippen LogP contribution in [0.4, 0.5) is 35.0 Å². The number of aromatic nitrogens is 1. The molecule has 3 heterocycles. The summed E-state index contributed by atoms with van der Waals surface area (Å²) in [6.45, 7) is 6.53. The van der Waals surface area contributed by atoms with Crippen LogP contribution in [0.3, 0.4) is 0 Å². The third-order valence-electron chi connectivity index (χ3n) is 7.61. The maximum absolute atomic E-state index is 14.3. The van der Waals surface area contributed by atoms with Crippen molar-refractivity contribution in [3.63, 3.8) is 0 Å². The second-order valence-corrected chi connectivity index (χ2v) is 12.7. The van der Waals surface area contributed by atoms with Gasteiger partial charge in [-0.2, -0.15) is 13.2 Å². The van der Waals surface area contributed by atoms with Crippen molar-refractivity contribution >= 4 is 34.8 Å². The Morgan fingerprint density at radius 2 is 1.73 bits per heavy atom. The van der Waals surface area contributed by atoms with Crippen LogP contribution in [0.1, 0.15) is 68.1 Å². The number of nitrogens with one attached hydrogen (secondary N) is 2. The average molecular weight is 689 g/mol. The highest BCUT2D eigenvalue weighted by Gasteiger charge is 2.37. The minimum atomic E-state index is -4.80. The number of hydrogen-bond acceptors (Lipinski definition) is 10. The van der Waals surface area contributed by atoms with E-state index in [9.17, 15) is 27.6 Å². The van der Waals surface area contributed by atoms with Gasteiger partial charge in [-0.3, -0.25) is 14.9 Å². The van der Waals surface area contributed by atoms with E-state index < -0.39 is 41.5 Å². The summed E-state index contributed by atoms with van der Waals surface area (Å²) in [7, 11) is 0. The van der Waals surface area contributed by atoms with E-state index in [-0.39, 0.29) is 61.8 Å². The quantitative estimate of drug-likeness (QED) is 0.173. The molecule has 3 aromatic rings. The summed E-state index contributed by atoms with van der Waals surface area (Å²) in [6, 6.07) is 9.90. The van der Waals surface area contributed by atoms with Crippen LogP contribution in [-0.2, 0) is 36.5 Å². The Bertz CT molecular complexity index is 1640. The predicted octanol–water partition coefficient (Wildman–Crippen LogP) is 6.80. The van der Waals surface area contributed by atoms with Crippen molar-refractivity contribution in [2.24, 2.45) is 0 Å². The fourth-order valence-electron chi connectivity index (χ4n) is 5.33. The SMILES string of the molecule is CC(C)(C)OC(=O)Nc1cc(N2CCOCC2)c(C(F)(F)F)cc1NC(=O)CC(=O)c1cccc(-c2cc(COC3CCCCO3)no2)c1. The molecule has 2 aromatic carbocycles. The zero-order chi connectivity index (χ0) is 35.2. The molecule has 0 saturated carbocycles. The van der Waals surface area contributed by atoms with Crippen LogP contribution in [0.15, 0.2) is 47.0 Å². The minimum Gasteiger partial charge on any atom is -0.444 e. The second-order valence-electron chi connectivity index (χ2n) is 12.7. The number of benzene rings is 2. The van der Waals surface area contributed by atoms with E-state index in [1.165, 1.54) is 17.0 Å². The zero-order valence-corrected chi connectivity index (χ0v) is 27.5. The number of ether oxygens (including phenoxy) is 4. The van der Waals surface area contributed by atoms with Crippen molar-refractivity contribution in [3.8, 4) is 11.3 Å². The van der Waals surface area contributed by atoms with Crippen molar-refractivity contribution in [1.82, 2.24) is 5.16 Å². The molecule has 12 nitrogen and oxygen atoms in total. The number of nitrogens with zero attached hydrogens (tertiary/aromatic N) is 2.